The monoisotopic (exact) mass is 292 g/mol. The third-order valence-corrected chi connectivity index (χ3v) is 2.64. The van der Waals surface area contributed by atoms with Gasteiger partial charge in [-0.15, -0.1) is 0 Å². The van der Waals surface area contributed by atoms with Crippen molar-refractivity contribution < 1.29 is 14.4 Å². The molecule has 1 atom stereocenters. The van der Waals surface area contributed by atoms with Crippen LogP contribution in [0.5, 0.6) is 0 Å². The molecule has 0 aliphatic heterocycles. The van der Waals surface area contributed by atoms with Gasteiger partial charge in [-0.1, -0.05) is 13.8 Å². The van der Waals surface area contributed by atoms with E-state index in [1.54, 1.807) is 0 Å². The first-order valence-corrected chi connectivity index (χ1v) is 6.67. The van der Waals surface area contributed by atoms with Gasteiger partial charge in [0.15, 0.2) is 0 Å². The summed E-state index contributed by atoms with van der Waals surface area (Å²) >= 11 is 0. The van der Waals surface area contributed by atoms with Gasteiger partial charge in [-0.3, -0.25) is 30.2 Å². The first kappa shape index (κ1) is 16.6. The van der Waals surface area contributed by atoms with Crippen LogP contribution in [0.3, 0.4) is 0 Å². The Morgan fingerprint density at radius 2 is 1.76 bits per heavy atom. The van der Waals surface area contributed by atoms with Gasteiger partial charge in [-0.05, 0) is 24.5 Å². The van der Waals surface area contributed by atoms with Crippen LogP contribution in [-0.2, 0) is 9.59 Å². The molecule has 0 saturated heterocycles. The summed E-state index contributed by atoms with van der Waals surface area (Å²) in [5, 5.41) is 2.56. The molecule has 0 aliphatic carbocycles. The number of hydrogen-bond acceptors (Lipinski definition) is 4. The van der Waals surface area contributed by atoms with Crippen LogP contribution in [0.4, 0.5) is 0 Å². The van der Waals surface area contributed by atoms with E-state index in [0.717, 1.165) is 0 Å². The lowest BCUT2D eigenvalue weighted by atomic mass is 10.0. The number of nitrogens with one attached hydrogen (secondary N) is 3. The number of amides is 3. The number of aromatic nitrogens is 1. The van der Waals surface area contributed by atoms with Gasteiger partial charge in [0.25, 0.3) is 11.8 Å². The number of hydrazine groups is 1. The van der Waals surface area contributed by atoms with E-state index < -0.39 is 17.9 Å². The highest BCUT2D eigenvalue weighted by molar-refractivity contribution is 5.96. The minimum Gasteiger partial charge on any atom is -0.344 e. The van der Waals surface area contributed by atoms with Crippen LogP contribution in [0.2, 0.25) is 0 Å². The fourth-order valence-corrected chi connectivity index (χ4v) is 1.73. The van der Waals surface area contributed by atoms with Crippen molar-refractivity contribution in [3.05, 3.63) is 30.1 Å². The normalized spacial score (nSPS) is 11.6. The van der Waals surface area contributed by atoms with Crippen molar-refractivity contribution in [1.29, 1.82) is 0 Å². The van der Waals surface area contributed by atoms with Crippen LogP contribution in [-0.4, -0.2) is 28.7 Å². The maximum absolute atomic E-state index is 12.0. The molecule has 0 fully saturated rings. The molecule has 7 nitrogen and oxygen atoms in total. The molecule has 0 radical (unpaired) electrons. The third kappa shape index (κ3) is 6.03. The SMILES string of the molecule is CC(=O)NC(CC(C)C)C(=O)NNC(=O)c1ccncc1. The maximum atomic E-state index is 12.0. The Morgan fingerprint density at radius 3 is 2.29 bits per heavy atom. The number of carbonyl (C=O) groups is 3. The fraction of sp³-hybridized carbons (Fsp3) is 0.429. The van der Waals surface area contributed by atoms with E-state index in [1.807, 2.05) is 13.8 Å². The van der Waals surface area contributed by atoms with E-state index in [1.165, 1.54) is 31.5 Å². The van der Waals surface area contributed by atoms with E-state index >= 15 is 0 Å². The van der Waals surface area contributed by atoms with E-state index in [2.05, 4.69) is 21.2 Å². The molecule has 21 heavy (non-hydrogen) atoms. The predicted molar refractivity (Wildman–Crippen MR) is 76.9 cm³/mol. The predicted octanol–water partition coefficient (Wildman–Crippen LogP) is 0.393. The molecule has 7 heteroatoms. The van der Waals surface area contributed by atoms with Crippen molar-refractivity contribution in [2.45, 2.75) is 33.2 Å². The Labute approximate surface area is 123 Å². The summed E-state index contributed by atoms with van der Waals surface area (Å²) in [6.07, 6.45) is 3.45. The second-order valence-electron chi connectivity index (χ2n) is 5.06. The number of carbonyl (C=O) groups excluding carboxylic acids is 3. The zero-order chi connectivity index (χ0) is 15.8. The van der Waals surface area contributed by atoms with Crippen LogP contribution in [0.15, 0.2) is 24.5 Å². The average Bonchev–Trinajstić information content (AvgIpc) is 2.43. The van der Waals surface area contributed by atoms with Crippen molar-refractivity contribution in [2.75, 3.05) is 0 Å². The highest BCUT2D eigenvalue weighted by atomic mass is 16.2. The van der Waals surface area contributed by atoms with E-state index in [4.69, 9.17) is 0 Å². The standard InChI is InChI=1S/C14H20N4O3/c1-9(2)8-12(16-10(3)19)14(21)18-17-13(20)11-4-6-15-7-5-11/h4-7,9,12H,8H2,1-3H3,(H,16,19)(H,17,20)(H,18,21). The summed E-state index contributed by atoms with van der Waals surface area (Å²) < 4.78 is 0. The zero-order valence-corrected chi connectivity index (χ0v) is 12.3. The largest absolute Gasteiger partial charge is 0.344 e. The summed E-state index contributed by atoms with van der Waals surface area (Å²) in [6, 6.07) is 2.38. The van der Waals surface area contributed by atoms with Crippen molar-refractivity contribution >= 4 is 17.7 Å². The quantitative estimate of drug-likeness (QED) is 0.684. The van der Waals surface area contributed by atoms with Gasteiger partial charge in [-0.25, -0.2) is 0 Å². The van der Waals surface area contributed by atoms with Crippen LogP contribution < -0.4 is 16.2 Å². The van der Waals surface area contributed by atoms with Crippen LogP contribution in [0.25, 0.3) is 0 Å². The molecule has 114 valence electrons. The Bertz CT molecular complexity index is 502. The first-order chi connectivity index (χ1) is 9.90. The van der Waals surface area contributed by atoms with Gasteiger partial charge >= 0.3 is 0 Å². The summed E-state index contributed by atoms with van der Waals surface area (Å²) in [4.78, 5) is 38.7. The van der Waals surface area contributed by atoms with Gasteiger partial charge < -0.3 is 5.32 Å². The van der Waals surface area contributed by atoms with Gasteiger partial charge in [0.1, 0.15) is 6.04 Å². The Morgan fingerprint density at radius 1 is 1.14 bits per heavy atom. The second kappa shape index (κ2) is 7.98. The molecule has 1 aromatic heterocycles. The minimum atomic E-state index is -0.680. The molecule has 3 amide bonds. The smallest absolute Gasteiger partial charge is 0.269 e. The fourth-order valence-electron chi connectivity index (χ4n) is 1.73. The topological polar surface area (TPSA) is 100 Å². The van der Waals surface area contributed by atoms with E-state index in [-0.39, 0.29) is 11.8 Å². The number of pyridine rings is 1. The van der Waals surface area contributed by atoms with Gasteiger partial charge in [0.2, 0.25) is 5.91 Å². The van der Waals surface area contributed by atoms with Gasteiger partial charge in [0, 0.05) is 24.9 Å². The summed E-state index contributed by atoms with van der Waals surface area (Å²) in [5.41, 5.74) is 5.01. The third-order valence-electron chi connectivity index (χ3n) is 2.64. The van der Waals surface area contributed by atoms with Gasteiger partial charge in [-0.2, -0.15) is 0 Å². The molecule has 1 rings (SSSR count). The summed E-state index contributed by atoms with van der Waals surface area (Å²) in [7, 11) is 0. The molecule has 1 unspecified atom stereocenters. The minimum absolute atomic E-state index is 0.225. The molecule has 0 spiro atoms. The molecule has 3 N–H and O–H groups in total. The molecule has 0 aromatic carbocycles. The number of rotatable bonds is 5. The lowest BCUT2D eigenvalue weighted by Gasteiger charge is -2.19. The molecule has 0 bridgehead atoms. The van der Waals surface area contributed by atoms with Crippen molar-refractivity contribution in [1.82, 2.24) is 21.2 Å². The Balaban J connectivity index is 2.57. The summed E-state index contributed by atoms with van der Waals surface area (Å²) in [6.45, 7) is 5.23. The molecular weight excluding hydrogens is 272 g/mol. The lowest BCUT2D eigenvalue weighted by Crippen LogP contribution is -2.52. The van der Waals surface area contributed by atoms with Crippen molar-refractivity contribution in [3.63, 3.8) is 0 Å². The van der Waals surface area contributed by atoms with Gasteiger partial charge in [0.05, 0.1) is 0 Å². The molecule has 0 aliphatic rings. The Hall–Kier alpha value is -2.44. The molecular formula is C14H20N4O3. The van der Waals surface area contributed by atoms with E-state index in [9.17, 15) is 14.4 Å². The highest BCUT2D eigenvalue weighted by Crippen LogP contribution is 2.04. The maximum Gasteiger partial charge on any atom is 0.269 e. The Kier molecular flexibility index (Phi) is 6.32. The van der Waals surface area contributed by atoms with Crippen LogP contribution in [0, 0.1) is 5.92 Å². The van der Waals surface area contributed by atoms with E-state index in [0.29, 0.717) is 12.0 Å². The average molecular weight is 292 g/mol. The second-order valence-corrected chi connectivity index (χ2v) is 5.06. The number of hydrogen-bond donors (Lipinski definition) is 3. The lowest BCUT2D eigenvalue weighted by molar-refractivity contribution is -0.129. The highest BCUT2D eigenvalue weighted by Gasteiger charge is 2.21. The summed E-state index contributed by atoms with van der Waals surface area (Å²) in [5.74, 6) is -0.974. The molecule has 1 heterocycles. The van der Waals surface area contributed by atoms with Crippen molar-refractivity contribution in [3.8, 4) is 0 Å². The molecule has 1 aromatic rings. The van der Waals surface area contributed by atoms with Crippen LogP contribution >= 0.6 is 0 Å². The molecule has 0 saturated carbocycles. The van der Waals surface area contributed by atoms with Crippen molar-refractivity contribution in [2.24, 2.45) is 5.92 Å². The first-order valence-electron chi connectivity index (χ1n) is 6.67. The zero-order valence-electron chi connectivity index (χ0n) is 12.3. The number of nitrogens with zero attached hydrogens (tertiary/aromatic N) is 1. The van der Waals surface area contributed by atoms with Crippen LogP contribution in [0.1, 0.15) is 37.6 Å².